The molecule has 0 heterocycles. The molecule has 4 atom stereocenters. The number of hydrogen-bond acceptors (Lipinski definition) is 1. The van der Waals surface area contributed by atoms with Crippen molar-refractivity contribution in [3.05, 3.63) is 0 Å². The summed E-state index contributed by atoms with van der Waals surface area (Å²) >= 11 is 0. The third kappa shape index (κ3) is 1.13. The fourth-order valence-electron chi connectivity index (χ4n) is 2.51. The van der Waals surface area contributed by atoms with Gasteiger partial charge in [-0.05, 0) is 24.7 Å². The van der Waals surface area contributed by atoms with Crippen LogP contribution in [-0.4, -0.2) is 17.4 Å². The molecule has 2 saturated carbocycles. The standard InChI is InChI=1S/C8H11F3O/c9-8(10,11)7-4-2-1-3-5(12)6(4)7/h4-7,12H,1-3H2/t4-,5-,6+,7-/m1/s1. The molecule has 0 spiro atoms. The summed E-state index contributed by atoms with van der Waals surface area (Å²) in [6.07, 6.45) is -2.84. The Labute approximate surface area is 68.6 Å². The van der Waals surface area contributed by atoms with Gasteiger partial charge in [0.2, 0.25) is 0 Å². The maximum absolute atomic E-state index is 12.2. The smallest absolute Gasteiger partial charge is 0.392 e. The quantitative estimate of drug-likeness (QED) is 0.604. The average Bonchev–Trinajstić information content (AvgIpc) is 2.60. The van der Waals surface area contributed by atoms with Crippen LogP contribution in [0.25, 0.3) is 0 Å². The first-order chi connectivity index (χ1) is 5.52. The van der Waals surface area contributed by atoms with Crippen molar-refractivity contribution < 1.29 is 18.3 Å². The number of fused-ring (bicyclic) bond motifs is 1. The van der Waals surface area contributed by atoms with E-state index in [1.165, 1.54) is 0 Å². The second-order valence-corrected chi connectivity index (χ2v) is 3.81. The highest BCUT2D eigenvalue weighted by Crippen LogP contribution is 2.61. The van der Waals surface area contributed by atoms with Crippen LogP contribution in [0.15, 0.2) is 0 Å². The monoisotopic (exact) mass is 180 g/mol. The molecule has 0 bridgehead atoms. The van der Waals surface area contributed by atoms with E-state index in [1.807, 2.05) is 0 Å². The first kappa shape index (κ1) is 8.35. The predicted octanol–water partition coefficient (Wildman–Crippen LogP) is 1.96. The summed E-state index contributed by atoms with van der Waals surface area (Å²) in [5, 5.41) is 9.25. The molecule has 2 rings (SSSR count). The van der Waals surface area contributed by atoms with E-state index < -0.39 is 24.1 Å². The summed E-state index contributed by atoms with van der Waals surface area (Å²) in [5.74, 6) is -1.94. The van der Waals surface area contributed by atoms with Crippen molar-refractivity contribution in [3.63, 3.8) is 0 Å². The van der Waals surface area contributed by atoms with Crippen LogP contribution in [-0.2, 0) is 0 Å². The highest BCUT2D eigenvalue weighted by atomic mass is 19.4. The Kier molecular flexibility index (Phi) is 1.65. The normalized spacial score (nSPS) is 47.0. The molecule has 2 fully saturated rings. The maximum atomic E-state index is 12.2. The zero-order chi connectivity index (χ0) is 8.93. The van der Waals surface area contributed by atoms with Gasteiger partial charge >= 0.3 is 6.18 Å². The van der Waals surface area contributed by atoms with Crippen molar-refractivity contribution in [2.75, 3.05) is 0 Å². The summed E-state index contributed by atoms with van der Waals surface area (Å²) in [6, 6.07) is 0. The fourth-order valence-corrected chi connectivity index (χ4v) is 2.51. The van der Waals surface area contributed by atoms with Crippen molar-refractivity contribution in [1.29, 1.82) is 0 Å². The molecule has 0 amide bonds. The van der Waals surface area contributed by atoms with E-state index >= 15 is 0 Å². The number of halogens is 3. The first-order valence-electron chi connectivity index (χ1n) is 4.26. The largest absolute Gasteiger partial charge is 0.393 e. The summed E-state index contributed by atoms with van der Waals surface area (Å²) in [5.41, 5.74) is 0. The average molecular weight is 180 g/mol. The first-order valence-corrected chi connectivity index (χ1v) is 4.26. The minimum atomic E-state index is -4.08. The van der Waals surface area contributed by atoms with E-state index in [2.05, 4.69) is 0 Å². The molecule has 0 radical (unpaired) electrons. The Morgan fingerprint density at radius 1 is 1.17 bits per heavy atom. The van der Waals surface area contributed by atoms with Crippen LogP contribution in [0.4, 0.5) is 13.2 Å². The Morgan fingerprint density at radius 2 is 1.83 bits per heavy atom. The van der Waals surface area contributed by atoms with E-state index in [0.29, 0.717) is 12.8 Å². The van der Waals surface area contributed by atoms with Crippen LogP contribution in [0, 0.1) is 17.8 Å². The number of rotatable bonds is 0. The topological polar surface area (TPSA) is 20.2 Å². The summed E-state index contributed by atoms with van der Waals surface area (Å²) in [4.78, 5) is 0. The van der Waals surface area contributed by atoms with E-state index in [9.17, 15) is 18.3 Å². The van der Waals surface area contributed by atoms with Crippen molar-refractivity contribution >= 4 is 0 Å². The second-order valence-electron chi connectivity index (χ2n) is 3.81. The zero-order valence-electron chi connectivity index (χ0n) is 6.51. The Morgan fingerprint density at radius 3 is 2.33 bits per heavy atom. The van der Waals surface area contributed by atoms with Gasteiger partial charge in [0.05, 0.1) is 12.0 Å². The van der Waals surface area contributed by atoms with Gasteiger partial charge in [-0.3, -0.25) is 0 Å². The lowest BCUT2D eigenvalue weighted by atomic mass is 9.98. The van der Waals surface area contributed by atoms with Crippen LogP contribution in [0.2, 0.25) is 0 Å². The van der Waals surface area contributed by atoms with E-state index in [1.54, 1.807) is 0 Å². The van der Waals surface area contributed by atoms with Crippen LogP contribution in [0.5, 0.6) is 0 Å². The molecule has 0 unspecified atom stereocenters. The van der Waals surface area contributed by atoms with Gasteiger partial charge in [-0.15, -0.1) is 0 Å². The summed E-state index contributed by atoms with van der Waals surface area (Å²) in [6.45, 7) is 0. The highest BCUT2D eigenvalue weighted by molar-refractivity contribution is 5.06. The van der Waals surface area contributed by atoms with Gasteiger partial charge in [0.25, 0.3) is 0 Å². The van der Waals surface area contributed by atoms with Gasteiger partial charge in [0.1, 0.15) is 0 Å². The molecular formula is C8H11F3O. The van der Waals surface area contributed by atoms with Gasteiger partial charge in [0.15, 0.2) is 0 Å². The third-order valence-corrected chi connectivity index (χ3v) is 3.09. The lowest BCUT2D eigenvalue weighted by Gasteiger charge is -2.14. The zero-order valence-corrected chi connectivity index (χ0v) is 6.51. The number of aliphatic hydroxyl groups excluding tert-OH is 1. The molecule has 70 valence electrons. The molecule has 0 saturated heterocycles. The Hall–Kier alpha value is -0.250. The van der Waals surface area contributed by atoms with Crippen LogP contribution in [0.1, 0.15) is 19.3 Å². The Bertz CT molecular complexity index is 189. The SMILES string of the molecule is O[C@@H]1CCC[C@@H]2[C@@H]1[C@@H]2C(F)(F)F. The molecule has 2 aliphatic rings. The minimum absolute atomic E-state index is 0.270. The highest BCUT2D eigenvalue weighted by Gasteiger charge is 2.66. The van der Waals surface area contributed by atoms with Crippen molar-refractivity contribution in [3.8, 4) is 0 Å². The van der Waals surface area contributed by atoms with Crippen LogP contribution < -0.4 is 0 Å². The fraction of sp³-hybridized carbons (Fsp3) is 1.00. The molecule has 0 aliphatic heterocycles. The Balaban J connectivity index is 2.05. The van der Waals surface area contributed by atoms with Gasteiger partial charge in [-0.25, -0.2) is 0 Å². The molecule has 1 N–H and O–H groups in total. The predicted molar refractivity (Wildman–Crippen MR) is 36.4 cm³/mol. The van der Waals surface area contributed by atoms with Gasteiger partial charge in [0, 0.05) is 0 Å². The summed E-state index contributed by atoms with van der Waals surface area (Å²) in [7, 11) is 0. The molecule has 4 heteroatoms. The van der Waals surface area contributed by atoms with Crippen LogP contribution >= 0.6 is 0 Å². The molecule has 0 aromatic carbocycles. The maximum Gasteiger partial charge on any atom is 0.392 e. The van der Waals surface area contributed by atoms with E-state index in [-0.39, 0.29) is 5.92 Å². The van der Waals surface area contributed by atoms with Crippen molar-refractivity contribution in [1.82, 2.24) is 0 Å². The number of alkyl halides is 3. The molecule has 12 heavy (non-hydrogen) atoms. The lowest BCUT2D eigenvalue weighted by Crippen LogP contribution is -2.18. The summed E-state index contributed by atoms with van der Waals surface area (Å²) < 4.78 is 36.6. The molecule has 0 aromatic heterocycles. The molecule has 1 nitrogen and oxygen atoms in total. The number of hydrogen-bond donors (Lipinski definition) is 1. The minimum Gasteiger partial charge on any atom is -0.393 e. The van der Waals surface area contributed by atoms with Gasteiger partial charge < -0.3 is 5.11 Å². The van der Waals surface area contributed by atoms with E-state index in [0.717, 1.165) is 6.42 Å². The molecule has 2 aliphatic carbocycles. The molecular weight excluding hydrogens is 169 g/mol. The number of aliphatic hydroxyl groups is 1. The third-order valence-electron chi connectivity index (χ3n) is 3.09. The van der Waals surface area contributed by atoms with Crippen molar-refractivity contribution in [2.24, 2.45) is 17.8 Å². The second kappa shape index (κ2) is 2.37. The van der Waals surface area contributed by atoms with Crippen LogP contribution in [0.3, 0.4) is 0 Å². The molecule has 0 aromatic rings. The van der Waals surface area contributed by atoms with Crippen molar-refractivity contribution in [2.45, 2.75) is 31.5 Å². The van der Waals surface area contributed by atoms with Gasteiger partial charge in [-0.2, -0.15) is 13.2 Å². The van der Waals surface area contributed by atoms with E-state index in [4.69, 9.17) is 0 Å². The van der Waals surface area contributed by atoms with Gasteiger partial charge in [-0.1, -0.05) is 6.42 Å². The lowest BCUT2D eigenvalue weighted by molar-refractivity contribution is -0.156.